The molecule has 1 aromatic carbocycles. The second-order valence-corrected chi connectivity index (χ2v) is 17.3. The lowest BCUT2D eigenvalue weighted by Crippen LogP contribution is -2.62. The fraction of sp³-hybridized carbons (Fsp3) is 0.833. The molecule has 0 bridgehead atoms. The second kappa shape index (κ2) is 19.4. The van der Waals surface area contributed by atoms with Crippen molar-refractivity contribution in [3.63, 3.8) is 0 Å². The van der Waals surface area contributed by atoms with Crippen LogP contribution < -0.4 is 9.92 Å². The highest BCUT2D eigenvalue weighted by atomic mass is 28.4. The number of benzene rings is 1. The third kappa shape index (κ3) is 15.4. The molecule has 240 valence electrons. The van der Waals surface area contributed by atoms with Gasteiger partial charge in [-0.2, -0.15) is 0 Å². The Labute approximate surface area is 257 Å². The van der Waals surface area contributed by atoms with E-state index >= 15 is 0 Å². The number of rotatable bonds is 22. The van der Waals surface area contributed by atoms with Crippen molar-refractivity contribution in [2.45, 2.75) is 153 Å². The third-order valence-electron chi connectivity index (χ3n) is 7.05. The third-order valence-corrected chi connectivity index (χ3v) is 10.1. The summed E-state index contributed by atoms with van der Waals surface area (Å²) in [6.45, 7) is 30.3. The van der Waals surface area contributed by atoms with Gasteiger partial charge in [0.2, 0.25) is 0 Å². The molecule has 0 radical (unpaired) electrons. The molecule has 0 aliphatic heterocycles. The van der Waals surface area contributed by atoms with E-state index in [2.05, 4.69) is 114 Å². The molecule has 0 spiro atoms. The quantitative estimate of drug-likeness (QED) is 0.126. The molecule has 0 amide bonds. The molecule has 41 heavy (non-hydrogen) atoms. The molecular weight excluding hydrogens is 524 g/mol. The van der Waals surface area contributed by atoms with Crippen LogP contribution in [0.2, 0.25) is 0 Å². The van der Waals surface area contributed by atoms with Crippen LogP contribution in [0.1, 0.15) is 135 Å². The second-order valence-electron chi connectivity index (χ2n) is 14.9. The van der Waals surface area contributed by atoms with Gasteiger partial charge in [0.15, 0.2) is 0 Å². The maximum absolute atomic E-state index is 7.47. The van der Waals surface area contributed by atoms with E-state index in [-0.39, 0.29) is 18.3 Å². The zero-order chi connectivity index (χ0) is 31.2. The van der Waals surface area contributed by atoms with E-state index < -0.39 is 8.80 Å². The molecular formula is C36H68O4Si. The van der Waals surface area contributed by atoms with Gasteiger partial charge in [0, 0.05) is 0 Å². The standard InChI is InChI=1S/C36H68O4Si/c1-14-19-37-35-17-15-16-18-36(35)41(38-32(20-26(2)3)21-27(4)5,39-33(22-28(6)7)23-29(8)9)40-34(24-30(10)11)25-31(12)13/h15-18,26-34H,14,19-25H2,1-13H3. The molecule has 1 aromatic rings. The van der Waals surface area contributed by atoms with Gasteiger partial charge in [0.1, 0.15) is 5.75 Å². The van der Waals surface area contributed by atoms with E-state index in [1.54, 1.807) is 0 Å². The molecule has 0 saturated carbocycles. The van der Waals surface area contributed by atoms with Crippen LogP contribution in [0.15, 0.2) is 24.3 Å². The average molecular weight is 593 g/mol. The molecule has 0 N–H and O–H groups in total. The fourth-order valence-corrected chi connectivity index (χ4v) is 8.92. The molecule has 0 aliphatic carbocycles. The smallest absolute Gasteiger partial charge is 0.493 e. The molecule has 0 saturated heterocycles. The molecule has 0 heterocycles. The van der Waals surface area contributed by atoms with Gasteiger partial charge in [0.25, 0.3) is 0 Å². The maximum Gasteiger partial charge on any atom is 0.541 e. The summed E-state index contributed by atoms with van der Waals surface area (Å²) in [6, 6.07) is 8.42. The molecule has 0 atom stereocenters. The summed E-state index contributed by atoms with van der Waals surface area (Å²) in [5.74, 6) is 3.95. The Morgan fingerprint density at radius 3 is 1.12 bits per heavy atom. The summed E-state index contributed by atoms with van der Waals surface area (Å²) in [5, 5.41) is 1.00. The van der Waals surface area contributed by atoms with Crippen molar-refractivity contribution in [3.05, 3.63) is 24.3 Å². The van der Waals surface area contributed by atoms with Gasteiger partial charge < -0.3 is 18.0 Å². The Morgan fingerprint density at radius 1 is 0.512 bits per heavy atom. The summed E-state index contributed by atoms with van der Waals surface area (Å²) in [5.41, 5.74) is 0. The van der Waals surface area contributed by atoms with E-state index in [9.17, 15) is 0 Å². The summed E-state index contributed by atoms with van der Waals surface area (Å²) in [6.07, 6.45) is 7.00. The minimum absolute atomic E-state index is 0.0541. The molecule has 5 heteroatoms. The van der Waals surface area contributed by atoms with Crippen LogP contribution in [0.3, 0.4) is 0 Å². The van der Waals surface area contributed by atoms with Crippen molar-refractivity contribution in [2.75, 3.05) is 6.61 Å². The van der Waals surface area contributed by atoms with Gasteiger partial charge in [-0.15, -0.1) is 0 Å². The summed E-state index contributed by atoms with van der Waals surface area (Å²) >= 11 is 0. The normalized spacial score (nSPS) is 13.1. The van der Waals surface area contributed by atoms with Crippen molar-refractivity contribution >= 4 is 14.0 Å². The van der Waals surface area contributed by atoms with Crippen LogP contribution in [-0.4, -0.2) is 33.7 Å². The van der Waals surface area contributed by atoms with Gasteiger partial charge in [-0.3, -0.25) is 0 Å². The van der Waals surface area contributed by atoms with Crippen LogP contribution in [0.5, 0.6) is 5.75 Å². The van der Waals surface area contributed by atoms with Gasteiger partial charge in [-0.25, -0.2) is 0 Å². The highest BCUT2D eigenvalue weighted by Crippen LogP contribution is 2.32. The first-order valence-electron chi connectivity index (χ1n) is 16.9. The monoisotopic (exact) mass is 592 g/mol. The average Bonchev–Trinajstić information content (AvgIpc) is 2.80. The first kappa shape index (κ1) is 38.1. The van der Waals surface area contributed by atoms with Crippen molar-refractivity contribution in [1.82, 2.24) is 0 Å². The molecule has 1 rings (SSSR count). The van der Waals surface area contributed by atoms with Crippen molar-refractivity contribution in [3.8, 4) is 5.75 Å². The topological polar surface area (TPSA) is 36.9 Å². The summed E-state index contributed by atoms with van der Waals surface area (Å²) < 4.78 is 28.8. The van der Waals surface area contributed by atoms with Gasteiger partial charge >= 0.3 is 8.80 Å². The highest BCUT2D eigenvalue weighted by molar-refractivity contribution is 6.76. The lowest BCUT2D eigenvalue weighted by molar-refractivity contribution is -0.0331. The number of hydrogen-bond acceptors (Lipinski definition) is 4. The maximum atomic E-state index is 7.47. The van der Waals surface area contributed by atoms with E-state index in [1.165, 1.54) is 0 Å². The molecule has 0 aromatic heterocycles. The van der Waals surface area contributed by atoms with Crippen LogP contribution in [0, 0.1) is 35.5 Å². The Bertz CT molecular complexity index is 710. The number of para-hydroxylation sites is 1. The molecule has 0 fully saturated rings. The molecule has 0 unspecified atom stereocenters. The van der Waals surface area contributed by atoms with Crippen molar-refractivity contribution in [2.24, 2.45) is 35.5 Å². The van der Waals surface area contributed by atoms with Crippen LogP contribution >= 0.6 is 0 Å². The van der Waals surface area contributed by atoms with Gasteiger partial charge in [-0.1, -0.05) is 108 Å². The van der Waals surface area contributed by atoms with E-state index in [0.717, 1.165) is 55.9 Å². The first-order chi connectivity index (χ1) is 19.2. The van der Waals surface area contributed by atoms with E-state index in [0.29, 0.717) is 42.1 Å². The van der Waals surface area contributed by atoms with E-state index in [1.807, 2.05) is 0 Å². The Kier molecular flexibility index (Phi) is 18.1. The lowest BCUT2D eigenvalue weighted by atomic mass is 9.98. The largest absolute Gasteiger partial charge is 0.541 e. The fourth-order valence-electron chi connectivity index (χ4n) is 5.72. The van der Waals surface area contributed by atoms with Crippen LogP contribution in [-0.2, 0) is 13.3 Å². The summed E-state index contributed by atoms with van der Waals surface area (Å²) in [7, 11) is -3.48. The van der Waals surface area contributed by atoms with Crippen LogP contribution in [0.4, 0.5) is 0 Å². The minimum atomic E-state index is -3.48. The summed E-state index contributed by atoms with van der Waals surface area (Å²) in [4.78, 5) is 0. The number of ether oxygens (including phenoxy) is 1. The predicted molar refractivity (Wildman–Crippen MR) is 179 cm³/mol. The van der Waals surface area contributed by atoms with Gasteiger partial charge in [-0.05, 0) is 86.5 Å². The van der Waals surface area contributed by atoms with Gasteiger partial charge in [0.05, 0.1) is 30.1 Å². The lowest BCUT2D eigenvalue weighted by Gasteiger charge is -2.41. The SMILES string of the molecule is CCCOc1ccccc1[Si](OC(CC(C)C)CC(C)C)(OC(CC(C)C)CC(C)C)OC(CC(C)C)CC(C)C. The Hall–Kier alpha value is -0.883. The highest BCUT2D eigenvalue weighted by Gasteiger charge is 2.52. The molecule has 4 nitrogen and oxygen atoms in total. The zero-order valence-corrected chi connectivity index (χ0v) is 30.3. The van der Waals surface area contributed by atoms with Crippen molar-refractivity contribution in [1.29, 1.82) is 0 Å². The van der Waals surface area contributed by atoms with Crippen molar-refractivity contribution < 1.29 is 18.0 Å². The molecule has 0 aliphatic rings. The number of hydrogen-bond donors (Lipinski definition) is 0. The predicted octanol–water partition coefficient (Wildman–Crippen LogP) is 10.1. The minimum Gasteiger partial charge on any atom is -0.493 e. The van der Waals surface area contributed by atoms with Crippen LogP contribution in [0.25, 0.3) is 0 Å². The Balaban J connectivity index is 3.94. The Morgan fingerprint density at radius 2 is 0.829 bits per heavy atom. The van der Waals surface area contributed by atoms with E-state index in [4.69, 9.17) is 18.0 Å². The first-order valence-corrected chi connectivity index (χ1v) is 18.6. The zero-order valence-electron chi connectivity index (χ0n) is 29.3.